The van der Waals surface area contributed by atoms with Crippen molar-refractivity contribution in [3.63, 3.8) is 0 Å². The number of nitrogens with one attached hydrogen (secondary N) is 2. The highest BCUT2D eigenvalue weighted by atomic mass is 16.5. The Balaban J connectivity index is 1.79. The van der Waals surface area contributed by atoms with Crippen molar-refractivity contribution in [1.29, 1.82) is 0 Å². The van der Waals surface area contributed by atoms with Crippen molar-refractivity contribution >= 4 is 11.6 Å². The van der Waals surface area contributed by atoms with E-state index in [2.05, 4.69) is 16.7 Å². The lowest BCUT2D eigenvalue weighted by Gasteiger charge is -2.12. The average Bonchev–Trinajstić information content (AvgIpc) is 2.62. The van der Waals surface area contributed by atoms with Gasteiger partial charge in [-0.1, -0.05) is 18.2 Å². The predicted octanol–water partition coefficient (Wildman–Crippen LogP) is 3.09. The molecule has 0 saturated heterocycles. The number of amides is 1. The van der Waals surface area contributed by atoms with Crippen molar-refractivity contribution in [3.8, 4) is 11.5 Å². The Morgan fingerprint density at radius 2 is 1.76 bits per heavy atom. The average molecular weight is 342 g/mol. The third-order valence-electron chi connectivity index (χ3n) is 4.02. The molecule has 0 aliphatic carbocycles. The summed E-state index contributed by atoms with van der Waals surface area (Å²) in [7, 11) is 3.23. The lowest BCUT2D eigenvalue weighted by atomic mass is 10.1. The number of benzene rings is 2. The van der Waals surface area contributed by atoms with Gasteiger partial charge in [0, 0.05) is 12.2 Å². The molecule has 0 aromatic heterocycles. The van der Waals surface area contributed by atoms with Gasteiger partial charge in [0.1, 0.15) is 0 Å². The van der Waals surface area contributed by atoms with E-state index in [0.29, 0.717) is 18.0 Å². The summed E-state index contributed by atoms with van der Waals surface area (Å²) in [6.45, 7) is 4.89. The first-order valence-electron chi connectivity index (χ1n) is 8.32. The lowest BCUT2D eigenvalue weighted by molar-refractivity contribution is -0.119. The lowest BCUT2D eigenvalue weighted by Crippen LogP contribution is -2.31. The van der Waals surface area contributed by atoms with Gasteiger partial charge in [0.2, 0.25) is 5.91 Å². The van der Waals surface area contributed by atoms with Crippen LogP contribution in [0, 0.1) is 13.8 Å². The standard InChI is InChI=1S/C20H26N2O3/c1-14-5-6-15(2)17(11-14)22-13-20(23)21-10-9-16-7-8-18(24-3)19(12-16)25-4/h5-8,11-12,22H,9-10,13H2,1-4H3,(H,21,23). The second-order valence-corrected chi connectivity index (χ2v) is 5.96. The van der Waals surface area contributed by atoms with Gasteiger partial charge in [-0.2, -0.15) is 0 Å². The maximum absolute atomic E-state index is 12.0. The zero-order valence-electron chi connectivity index (χ0n) is 15.3. The minimum absolute atomic E-state index is 0.0265. The van der Waals surface area contributed by atoms with Crippen LogP contribution < -0.4 is 20.1 Å². The number of carbonyl (C=O) groups excluding carboxylic acids is 1. The van der Waals surface area contributed by atoms with E-state index in [1.54, 1.807) is 14.2 Å². The molecular weight excluding hydrogens is 316 g/mol. The minimum Gasteiger partial charge on any atom is -0.493 e. The van der Waals surface area contributed by atoms with Crippen molar-refractivity contribution < 1.29 is 14.3 Å². The van der Waals surface area contributed by atoms with Crippen molar-refractivity contribution in [3.05, 3.63) is 53.1 Å². The van der Waals surface area contributed by atoms with Gasteiger partial charge in [0.05, 0.1) is 20.8 Å². The van der Waals surface area contributed by atoms with E-state index in [4.69, 9.17) is 9.47 Å². The van der Waals surface area contributed by atoms with Gasteiger partial charge in [-0.15, -0.1) is 0 Å². The Kier molecular flexibility index (Phi) is 6.69. The zero-order valence-corrected chi connectivity index (χ0v) is 15.3. The largest absolute Gasteiger partial charge is 0.493 e. The van der Waals surface area contributed by atoms with E-state index in [0.717, 1.165) is 23.2 Å². The molecule has 0 aliphatic heterocycles. The molecule has 0 spiro atoms. The van der Waals surface area contributed by atoms with Gasteiger partial charge >= 0.3 is 0 Å². The Morgan fingerprint density at radius 3 is 2.48 bits per heavy atom. The highest BCUT2D eigenvalue weighted by Crippen LogP contribution is 2.27. The smallest absolute Gasteiger partial charge is 0.239 e. The summed E-state index contributed by atoms with van der Waals surface area (Å²) in [4.78, 5) is 12.0. The Morgan fingerprint density at radius 1 is 1.00 bits per heavy atom. The zero-order chi connectivity index (χ0) is 18.2. The summed E-state index contributed by atoms with van der Waals surface area (Å²) in [5, 5.41) is 6.11. The van der Waals surface area contributed by atoms with Gasteiger partial charge in [0.25, 0.3) is 0 Å². The maximum atomic E-state index is 12.0. The van der Waals surface area contributed by atoms with Crippen molar-refractivity contribution in [2.45, 2.75) is 20.3 Å². The van der Waals surface area contributed by atoms with Crippen molar-refractivity contribution in [1.82, 2.24) is 5.32 Å². The quantitative estimate of drug-likeness (QED) is 0.774. The van der Waals surface area contributed by atoms with Gasteiger partial charge < -0.3 is 20.1 Å². The summed E-state index contributed by atoms with van der Waals surface area (Å²) in [5.41, 5.74) is 4.38. The molecule has 0 aliphatic rings. The van der Waals surface area contributed by atoms with Crippen LogP contribution in [0.25, 0.3) is 0 Å². The van der Waals surface area contributed by atoms with Crippen LogP contribution in [-0.4, -0.2) is 33.2 Å². The van der Waals surface area contributed by atoms with Crippen molar-refractivity contribution in [2.24, 2.45) is 0 Å². The highest BCUT2D eigenvalue weighted by Gasteiger charge is 2.06. The number of ether oxygens (including phenoxy) is 2. The molecule has 5 heteroatoms. The first-order valence-corrected chi connectivity index (χ1v) is 8.32. The summed E-state index contributed by atoms with van der Waals surface area (Å²) < 4.78 is 10.5. The molecule has 0 radical (unpaired) electrons. The number of methoxy groups -OCH3 is 2. The number of anilines is 1. The Bertz CT molecular complexity index is 729. The topological polar surface area (TPSA) is 59.6 Å². The van der Waals surface area contributed by atoms with Crippen LogP contribution >= 0.6 is 0 Å². The summed E-state index contributed by atoms with van der Waals surface area (Å²) in [6, 6.07) is 11.9. The highest BCUT2D eigenvalue weighted by molar-refractivity contribution is 5.81. The second-order valence-electron chi connectivity index (χ2n) is 5.96. The number of carbonyl (C=O) groups is 1. The second kappa shape index (κ2) is 8.97. The Hall–Kier alpha value is -2.69. The van der Waals surface area contributed by atoms with Crippen molar-refractivity contribution in [2.75, 3.05) is 32.6 Å². The van der Waals surface area contributed by atoms with Gasteiger partial charge in [-0.3, -0.25) is 4.79 Å². The van der Waals surface area contributed by atoms with E-state index in [-0.39, 0.29) is 12.5 Å². The first-order chi connectivity index (χ1) is 12.0. The predicted molar refractivity (Wildman–Crippen MR) is 101 cm³/mol. The molecule has 2 rings (SSSR count). The van der Waals surface area contributed by atoms with E-state index in [9.17, 15) is 4.79 Å². The summed E-state index contributed by atoms with van der Waals surface area (Å²) in [5.74, 6) is 1.37. The fourth-order valence-electron chi connectivity index (χ4n) is 2.55. The third kappa shape index (κ3) is 5.41. The van der Waals surface area contributed by atoms with E-state index in [1.165, 1.54) is 5.56 Å². The van der Waals surface area contributed by atoms with E-state index in [1.807, 2.05) is 44.2 Å². The monoisotopic (exact) mass is 342 g/mol. The van der Waals surface area contributed by atoms with Crippen LogP contribution in [0.3, 0.4) is 0 Å². The number of hydrogen-bond donors (Lipinski definition) is 2. The first kappa shape index (κ1) is 18.6. The minimum atomic E-state index is -0.0265. The van der Waals surface area contributed by atoms with Crippen LogP contribution in [0.4, 0.5) is 5.69 Å². The maximum Gasteiger partial charge on any atom is 0.239 e. The third-order valence-corrected chi connectivity index (χ3v) is 4.02. The molecule has 0 heterocycles. The molecule has 2 aromatic carbocycles. The van der Waals surface area contributed by atoms with E-state index < -0.39 is 0 Å². The SMILES string of the molecule is COc1ccc(CCNC(=O)CNc2cc(C)ccc2C)cc1OC. The molecule has 1 amide bonds. The number of hydrogen-bond acceptors (Lipinski definition) is 4. The van der Waals surface area contributed by atoms with Gasteiger partial charge in [-0.25, -0.2) is 0 Å². The molecule has 0 saturated carbocycles. The van der Waals surface area contributed by atoms with Gasteiger partial charge in [-0.05, 0) is 55.2 Å². The normalized spacial score (nSPS) is 10.2. The summed E-state index contributed by atoms with van der Waals surface area (Å²) in [6.07, 6.45) is 0.732. The molecule has 0 atom stereocenters. The summed E-state index contributed by atoms with van der Waals surface area (Å²) >= 11 is 0. The number of aryl methyl sites for hydroxylation is 2. The fraction of sp³-hybridized carbons (Fsp3) is 0.350. The van der Waals surface area contributed by atoms with Crippen LogP contribution in [-0.2, 0) is 11.2 Å². The molecule has 0 unspecified atom stereocenters. The molecule has 5 nitrogen and oxygen atoms in total. The molecule has 25 heavy (non-hydrogen) atoms. The van der Waals surface area contributed by atoms with Crippen LogP contribution in [0.1, 0.15) is 16.7 Å². The van der Waals surface area contributed by atoms with Gasteiger partial charge in [0.15, 0.2) is 11.5 Å². The molecule has 0 fully saturated rings. The molecule has 2 aromatic rings. The molecular formula is C20H26N2O3. The molecule has 134 valence electrons. The molecule has 0 bridgehead atoms. The van der Waals surface area contributed by atoms with Crippen LogP contribution in [0.2, 0.25) is 0 Å². The molecule has 2 N–H and O–H groups in total. The van der Waals surface area contributed by atoms with E-state index >= 15 is 0 Å². The van der Waals surface area contributed by atoms with Crippen LogP contribution in [0.15, 0.2) is 36.4 Å². The van der Waals surface area contributed by atoms with Crippen LogP contribution in [0.5, 0.6) is 11.5 Å². The Labute approximate surface area is 149 Å². The number of rotatable bonds is 8. The fourth-order valence-corrected chi connectivity index (χ4v) is 2.55.